The van der Waals surface area contributed by atoms with E-state index in [0.717, 1.165) is 32.5 Å². The summed E-state index contributed by atoms with van der Waals surface area (Å²) in [5, 5.41) is 4.52. The molecule has 4 rings (SSSR count). The van der Waals surface area contributed by atoms with Gasteiger partial charge in [0.1, 0.15) is 0 Å². The van der Waals surface area contributed by atoms with Gasteiger partial charge in [-0.3, -0.25) is 4.79 Å². The third kappa shape index (κ3) is 4.22. The van der Waals surface area contributed by atoms with Crippen molar-refractivity contribution in [2.24, 2.45) is 5.92 Å². The molecule has 1 amide bonds. The predicted octanol–water partition coefficient (Wildman–Crippen LogP) is 5.22. The van der Waals surface area contributed by atoms with Gasteiger partial charge in [-0.2, -0.15) is 0 Å². The van der Waals surface area contributed by atoms with Crippen LogP contribution in [0.1, 0.15) is 43.2 Å². The Morgan fingerprint density at radius 3 is 2.46 bits per heavy atom. The first kappa shape index (κ1) is 19.8. The topological polar surface area (TPSA) is 32.3 Å². The van der Waals surface area contributed by atoms with Gasteiger partial charge < -0.3 is 10.2 Å². The first-order valence-electron chi connectivity index (χ1n) is 9.98. The van der Waals surface area contributed by atoms with Crippen molar-refractivity contribution in [3.63, 3.8) is 0 Å². The van der Waals surface area contributed by atoms with E-state index >= 15 is 0 Å². The zero-order chi connectivity index (χ0) is 19.7. The van der Waals surface area contributed by atoms with E-state index in [-0.39, 0.29) is 11.4 Å². The van der Waals surface area contributed by atoms with Crippen molar-refractivity contribution in [3.8, 4) is 0 Å². The Bertz CT molecular complexity index is 847. The maximum absolute atomic E-state index is 11.9. The number of carbonyl (C=O) groups excluding carboxylic acids is 1. The molecule has 0 unspecified atom stereocenters. The molecule has 1 saturated heterocycles. The molecule has 1 N–H and O–H groups in total. The van der Waals surface area contributed by atoms with Crippen LogP contribution < -0.4 is 5.32 Å². The van der Waals surface area contributed by atoms with Gasteiger partial charge in [-0.25, -0.2) is 0 Å². The molecule has 2 atom stereocenters. The lowest BCUT2D eigenvalue weighted by atomic mass is 9.80. The lowest BCUT2D eigenvalue weighted by Crippen LogP contribution is -2.52. The van der Waals surface area contributed by atoms with Crippen LogP contribution in [0.5, 0.6) is 0 Å². The minimum Gasteiger partial charge on any atom is -0.347 e. The van der Waals surface area contributed by atoms with E-state index in [4.69, 9.17) is 23.2 Å². The Morgan fingerprint density at radius 1 is 1.11 bits per heavy atom. The fourth-order valence-electron chi connectivity index (χ4n) is 4.63. The smallest absolute Gasteiger partial charge is 0.217 e. The monoisotopic (exact) mass is 416 g/mol. The summed E-state index contributed by atoms with van der Waals surface area (Å²) in [6.07, 6.45) is 3.10. The van der Waals surface area contributed by atoms with Gasteiger partial charge in [-0.05, 0) is 54.4 Å². The zero-order valence-corrected chi connectivity index (χ0v) is 17.6. The van der Waals surface area contributed by atoms with Crippen molar-refractivity contribution < 1.29 is 4.79 Å². The van der Waals surface area contributed by atoms with Crippen molar-refractivity contribution >= 4 is 29.1 Å². The fourth-order valence-corrected chi connectivity index (χ4v) is 4.94. The highest BCUT2D eigenvalue weighted by Crippen LogP contribution is 2.49. The Kier molecular flexibility index (Phi) is 5.69. The summed E-state index contributed by atoms with van der Waals surface area (Å²) in [6, 6.07) is 16.4. The Morgan fingerprint density at radius 2 is 1.82 bits per heavy atom. The molecular weight excluding hydrogens is 391 g/mol. The Labute approximate surface area is 177 Å². The van der Waals surface area contributed by atoms with E-state index in [1.165, 1.54) is 17.5 Å². The summed E-state index contributed by atoms with van der Waals surface area (Å²) in [7, 11) is 0. The number of piperidine rings is 1. The van der Waals surface area contributed by atoms with Gasteiger partial charge in [0.15, 0.2) is 0 Å². The highest BCUT2D eigenvalue weighted by atomic mass is 35.5. The van der Waals surface area contributed by atoms with Gasteiger partial charge in [0.05, 0.1) is 15.6 Å². The summed E-state index contributed by atoms with van der Waals surface area (Å²) in [6.45, 7) is 4.72. The van der Waals surface area contributed by atoms with Crippen LogP contribution in [-0.4, -0.2) is 30.4 Å². The lowest BCUT2D eigenvalue weighted by Gasteiger charge is -2.43. The van der Waals surface area contributed by atoms with Crippen LogP contribution >= 0.6 is 23.2 Å². The van der Waals surface area contributed by atoms with Crippen LogP contribution in [0.3, 0.4) is 0 Å². The lowest BCUT2D eigenvalue weighted by molar-refractivity contribution is -0.121. The third-order valence-corrected chi connectivity index (χ3v) is 6.98. The molecule has 1 heterocycles. The molecule has 2 aromatic carbocycles. The number of rotatable bonds is 5. The molecule has 1 aliphatic carbocycles. The molecule has 0 radical (unpaired) electrons. The van der Waals surface area contributed by atoms with Gasteiger partial charge in [0.2, 0.25) is 5.91 Å². The first-order valence-corrected chi connectivity index (χ1v) is 10.7. The average Bonchev–Trinajstić information content (AvgIpc) is 3.45. The second-order valence-electron chi connectivity index (χ2n) is 8.21. The van der Waals surface area contributed by atoms with Crippen LogP contribution in [0, 0.1) is 5.92 Å². The second-order valence-corrected chi connectivity index (χ2v) is 9.02. The SMILES string of the molecule is CC(=O)NC1(c2ccccc2)CCN(C[C@H]2C[C@H]2c2ccc(Cl)c(Cl)c2)CC1. The molecule has 2 aliphatic rings. The highest BCUT2D eigenvalue weighted by Gasteiger charge is 2.42. The van der Waals surface area contributed by atoms with Crippen molar-refractivity contribution in [1.29, 1.82) is 0 Å². The number of nitrogens with one attached hydrogen (secondary N) is 1. The fraction of sp³-hybridized carbons (Fsp3) is 0.435. The van der Waals surface area contributed by atoms with Gasteiger partial charge in [-0.1, -0.05) is 59.6 Å². The maximum Gasteiger partial charge on any atom is 0.217 e. The second kappa shape index (κ2) is 8.06. The molecule has 2 aromatic rings. The van der Waals surface area contributed by atoms with Crippen LogP contribution in [0.4, 0.5) is 0 Å². The number of benzene rings is 2. The van der Waals surface area contributed by atoms with E-state index < -0.39 is 0 Å². The number of nitrogens with zero attached hydrogens (tertiary/aromatic N) is 1. The number of amides is 1. The Balaban J connectivity index is 1.37. The largest absolute Gasteiger partial charge is 0.347 e. The molecule has 1 saturated carbocycles. The number of carbonyl (C=O) groups is 1. The molecule has 0 aromatic heterocycles. The molecule has 148 valence electrons. The molecule has 0 spiro atoms. The van der Waals surface area contributed by atoms with E-state index in [1.54, 1.807) is 6.92 Å². The summed E-state index contributed by atoms with van der Waals surface area (Å²) in [4.78, 5) is 14.4. The summed E-state index contributed by atoms with van der Waals surface area (Å²) in [5.41, 5.74) is 2.27. The zero-order valence-electron chi connectivity index (χ0n) is 16.1. The molecular formula is C23H26Cl2N2O. The maximum atomic E-state index is 11.9. The van der Waals surface area contributed by atoms with Crippen molar-refractivity contribution in [2.45, 2.75) is 37.6 Å². The number of likely N-dealkylation sites (tertiary alicyclic amines) is 1. The normalized spacial score (nSPS) is 24.0. The van der Waals surface area contributed by atoms with Crippen LogP contribution in [0.15, 0.2) is 48.5 Å². The van der Waals surface area contributed by atoms with Crippen LogP contribution in [-0.2, 0) is 10.3 Å². The van der Waals surface area contributed by atoms with Crippen LogP contribution in [0.2, 0.25) is 10.0 Å². The van der Waals surface area contributed by atoms with E-state index in [1.807, 2.05) is 18.2 Å². The van der Waals surface area contributed by atoms with Crippen molar-refractivity contribution in [2.75, 3.05) is 19.6 Å². The van der Waals surface area contributed by atoms with E-state index in [0.29, 0.717) is 21.9 Å². The first-order chi connectivity index (χ1) is 13.5. The average molecular weight is 417 g/mol. The number of hydrogen-bond donors (Lipinski definition) is 1. The summed E-state index contributed by atoms with van der Waals surface area (Å²) in [5.74, 6) is 1.31. The number of halogens is 2. The van der Waals surface area contributed by atoms with Crippen molar-refractivity contribution in [3.05, 3.63) is 69.7 Å². The standard InChI is InChI=1S/C23H26Cl2N2O/c1-16(28)26-23(19-5-3-2-4-6-19)9-11-27(12-10-23)15-18-13-20(18)17-7-8-21(24)22(25)14-17/h2-8,14,18,20H,9-13,15H2,1H3,(H,26,28)/t18-,20+/m1/s1. The molecule has 2 fully saturated rings. The molecule has 0 bridgehead atoms. The number of hydrogen-bond acceptors (Lipinski definition) is 2. The molecule has 3 nitrogen and oxygen atoms in total. The van der Waals surface area contributed by atoms with Crippen molar-refractivity contribution in [1.82, 2.24) is 10.2 Å². The predicted molar refractivity (Wildman–Crippen MR) is 115 cm³/mol. The minimum atomic E-state index is -0.240. The van der Waals surface area contributed by atoms with Gasteiger partial charge >= 0.3 is 0 Å². The van der Waals surface area contributed by atoms with Gasteiger partial charge in [0.25, 0.3) is 0 Å². The summed E-state index contributed by atoms with van der Waals surface area (Å²) < 4.78 is 0. The van der Waals surface area contributed by atoms with Crippen LogP contribution in [0.25, 0.3) is 0 Å². The van der Waals surface area contributed by atoms with E-state index in [9.17, 15) is 4.79 Å². The Hall–Kier alpha value is -1.55. The third-order valence-electron chi connectivity index (χ3n) is 6.24. The quantitative estimate of drug-likeness (QED) is 0.723. The minimum absolute atomic E-state index is 0.0409. The molecule has 5 heteroatoms. The molecule has 1 aliphatic heterocycles. The summed E-state index contributed by atoms with van der Waals surface area (Å²) >= 11 is 12.2. The van der Waals surface area contributed by atoms with Gasteiger partial charge in [-0.15, -0.1) is 0 Å². The molecule has 28 heavy (non-hydrogen) atoms. The van der Waals surface area contributed by atoms with Gasteiger partial charge in [0, 0.05) is 26.6 Å². The van der Waals surface area contributed by atoms with E-state index in [2.05, 4.69) is 40.5 Å². The highest BCUT2D eigenvalue weighted by molar-refractivity contribution is 6.42.